The van der Waals surface area contributed by atoms with Gasteiger partial charge in [-0.3, -0.25) is 4.90 Å². The number of likely N-dealkylation sites (N-methyl/N-ethyl adjacent to an activating group) is 1. The summed E-state index contributed by atoms with van der Waals surface area (Å²) in [5, 5.41) is 0.433. The Balaban J connectivity index is 1.13. The van der Waals surface area contributed by atoms with E-state index in [2.05, 4.69) is 64.9 Å². The molecule has 7 rings (SSSR count). The molecule has 2 saturated heterocycles. The van der Waals surface area contributed by atoms with Gasteiger partial charge in [0.15, 0.2) is 0 Å². The zero-order valence-corrected chi connectivity index (χ0v) is 26.0. The summed E-state index contributed by atoms with van der Waals surface area (Å²) in [7, 11) is -1.94. The molecule has 4 atom stereocenters. The van der Waals surface area contributed by atoms with Gasteiger partial charge in [0.2, 0.25) is 10.0 Å². The van der Waals surface area contributed by atoms with Crippen molar-refractivity contribution in [3.8, 4) is 0 Å². The summed E-state index contributed by atoms with van der Waals surface area (Å²) in [5.41, 5.74) is 4.79. The lowest BCUT2D eigenvalue weighted by Crippen LogP contribution is -2.47. The zero-order valence-electron chi connectivity index (χ0n) is 24.4. The molecule has 2 bridgehead atoms. The molecule has 2 fully saturated rings. The first-order valence-corrected chi connectivity index (χ1v) is 17.1. The van der Waals surface area contributed by atoms with Gasteiger partial charge in [-0.15, -0.1) is 0 Å². The van der Waals surface area contributed by atoms with E-state index in [1.54, 1.807) is 35.6 Å². The van der Waals surface area contributed by atoms with E-state index in [4.69, 9.17) is 16.6 Å². The molecular formula is C34H39ClN4O2S. The van der Waals surface area contributed by atoms with Crippen molar-refractivity contribution in [2.45, 2.75) is 80.3 Å². The van der Waals surface area contributed by atoms with E-state index in [1.807, 2.05) is 0 Å². The molecule has 0 radical (unpaired) electrons. The van der Waals surface area contributed by atoms with Crippen molar-refractivity contribution in [3.63, 3.8) is 0 Å². The normalized spacial score (nSPS) is 25.9. The van der Waals surface area contributed by atoms with Gasteiger partial charge < -0.3 is 4.57 Å². The first-order valence-electron chi connectivity index (χ1n) is 15.2. The average Bonchev–Trinajstić information content (AvgIpc) is 3.59. The lowest BCUT2D eigenvalue weighted by atomic mass is 9.78. The number of nitrogens with zero attached hydrogens (tertiary/aromatic N) is 4. The highest BCUT2D eigenvalue weighted by molar-refractivity contribution is 7.89. The van der Waals surface area contributed by atoms with Crippen molar-refractivity contribution in [2.75, 3.05) is 20.1 Å². The molecule has 6 nitrogen and oxygen atoms in total. The Morgan fingerprint density at radius 3 is 2.50 bits per heavy atom. The smallest absolute Gasteiger partial charge is 0.242 e. The first-order chi connectivity index (χ1) is 20.2. The number of fused-ring (bicyclic) bond motifs is 4. The molecule has 1 aliphatic carbocycles. The first kappa shape index (κ1) is 28.1. The number of rotatable bonds is 8. The van der Waals surface area contributed by atoms with Crippen LogP contribution in [0.4, 0.5) is 0 Å². The Morgan fingerprint density at radius 2 is 1.71 bits per heavy atom. The summed E-state index contributed by atoms with van der Waals surface area (Å²) in [4.78, 5) is 7.87. The minimum Gasteiger partial charge on any atom is -0.325 e. The summed E-state index contributed by atoms with van der Waals surface area (Å²) in [6, 6.07) is 25.4. The van der Waals surface area contributed by atoms with Gasteiger partial charge in [-0.05, 0) is 99.9 Å². The van der Waals surface area contributed by atoms with Gasteiger partial charge in [0.05, 0.1) is 15.9 Å². The Labute approximate surface area is 254 Å². The largest absolute Gasteiger partial charge is 0.325 e. The van der Waals surface area contributed by atoms with E-state index in [0.29, 0.717) is 29.7 Å². The van der Waals surface area contributed by atoms with Gasteiger partial charge in [-0.1, -0.05) is 54.1 Å². The third-order valence-electron chi connectivity index (χ3n) is 10.3. The second-order valence-corrected chi connectivity index (χ2v) is 15.2. The van der Waals surface area contributed by atoms with E-state index in [0.717, 1.165) is 50.0 Å². The molecule has 3 heterocycles. The van der Waals surface area contributed by atoms with Crippen molar-refractivity contribution in [1.82, 2.24) is 18.8 Å². The lowest BCUT2D eigenvalue weighted by Gasteiger charge is -2.42. The third kappa shape index (κ3) is 4.79. The molecule has 0 spiro atoms. The van der Waals surface area contributed by atoms with Crippen molar-refractivity contribution in [1.29, 1.82) is 0 Å². The van der Waals surface area contributed by atoms with E-state index in [1.165, 1.54) is 29.5 Å². The zero-order chi connectivity index (χ0) is 29.1. The van der Waals surface area contributed by atoms with Crippen molar-refractivity contribution >= 4 is 32.7 Å². The van der Waals surface area contributed by atoms with E-state index in [9.17, 15) is 8.42 Å². The topological polar surface area (TPSA) is 58.4 Å². The molecule has 0 amide bonds. The van der Waals surface area contributed by atoms with Crippen LogP contribution in [0.2, 0.25) is 5.02 Å². The quantitative estimate of drug-likeness (QED) is 0.224. The van der Waals surface area contributed by atoms with Crippen LogP contribution in [0.25, 0.3) is 11.0 Å². The van der Waals surface area contributed by atoms with Gasteiger partial charge in [0, 0.05) is 42.2 Å². The number of benzene rings is 3. The Morgan fingerprint density at radius 1 is 0.976 bits per heavy atom. The molecule has 220 valence electrons. The Bertz CT molecular complexity index is 1720. The van der Waals surface area contributed by atoms with Crippen LogP contribution >= 0.6 is 11.6 Å². The maximum absolute atomic E-state index is 13.7. The maximum atomic E-state index is 13.7. The van der Waals surface area contributed by atoms with Crippen molar-refractivity contribution in [2.24, 2.45) is 0 Å². The molecule has 8 heteroatoms. The lowest BCUT2D eigenvalue weighted by molar-refractivity contribution is 0.0949. The number of aromatic nitrogens is 2. The summed E-state index contributed by atoms with van der Waals surface area (Å²) in [6.45, 7) is 3.60. The predicted molar refractivity (Wildman–Crippen MR) is 169 cm³/mol. The van der Waals surface area contributed by atoms with Gasteiger partial charge in [-0.25, -0.2) is 17.7 Å². The van der Waals surface area contributed by atoms with Gasteiger partial charge in [0.1, 0.15) is 5.82 Å². The fourth-order valence-electron chi connectivity index (χ4n) is 8.38. The number of piperidine rings is 1. The third-order valence-corrected chi connectivity index (χ3v) is 12.4. The molecule has 1 aromatic heterocycles. The standard InChI is InChI=1S/C34H39ClN4O2S/c1-24-36-32-12-5-6-13-33(32)39(24)29-21-27-14-15-28(22-29)38(27)19-18-34(17-16-25-8-3-4-11-31(25)34)23-37(2)42(40,41)30-10-7-9-26(35)20-30/h3-13,20,27-29H,14-19,21-23H2,1-2H3/t27-,28+,29+,34?. The molecule has 3 aliphatic rings. The fraction of sp³-hybridized carbons (Fsp3) is 0.441. The fourth-order valence-corrected chi connectivity index (χ4v) is 9.93. The van der Waals surface area contributed by atoms with Crippen molar-refractivity contribution < 1.29 is 8.42 Å². The Kier molecular flexibility index (Phi) is 7.21. The highest BCUT2D eigenvalue weighted by atomic mass is 35.5. The van der Waals surface area contributed by atoms with Crippen LogP contribution in [-0.4, -0.2) is 59.4 Å². The van der Waals surface area contributed by atoms with Gasteiger partial charge in [-0.2, -0.15) is 0 Å². The summed E-state index contributed by atoms with van der Waals surface area (Å²) >= 11 is 6.18. The second-order valence-electron chi connectivity index (χ2n) is 12.7. The summed E-state index contributed by atoms with van der Waals surface area (Å²) in [6.07, 6.45) is 7.66. The van der Waals surface area contributed by atoms with Crippen LogP contribution in [-0.2, 0) is 21.9 Å². The van der Waals surface area contributed by atoms with E-state index in [-0.39, 0.29) is 10.3 Å². The number of para-hydroxylation sites is 2. The molecule has 2 aliphatic heterocycles. The summed E-state index contributed by atoms with van der Waals surface area (Å²) < 4.78 is 31.4. The van der Waals surface area contributed by atoms with Gasteiger partial charge >= 0.3 is 0 Å². The number of sulfonamides is 1. The molecular weight excluding hydrogens is 564 g/mol. The van der Waals surface area contributed by atoms with E-state index < -0.39 is 10.0 Å². The average molecular weight is 603 g/mol. The van der Waals surface area contributed by atoms with Crippen LogP contribution in [0.15, 0.2) is 77.7 Å². The van der Waals surface area contributed by atoms with Crippen LogP contribution in [0.3, 0.4) is 0 Å². The number of hydrogen-bond acceptors (Lipinski definition) is 4. The van der Waals surface area contributed by atoms with Gasteiger partial charge in [0.25, 0.3) is 0 Å². The van der Waals surface area contributed by atoms with Crippen LogP contribution in [0.1, 0.15) is 61.5 Å². The Hall–Kier alpha value is -2.71. The summed E-state index contributed by atoms with van der Waals surface area (Å²) in [5.74, 6) is 1.11. The molecule has 0 N–H and O–H groups in total. The molecule has 42 heavy (non-hydrogen) atoms. The monoisotopic (exact) mass is 602 g/mol. The van der Waals surface area contributed by atoms with Crippen LogP contribution in [0.5, 0.6) is 0 Å². The maximum Gasteiger partial charge on any atom is 0.242 e. The number of imidazole rings is 1. The molecule has 1 unspecified atom stereocenters. The minimum atomic E-state index is -3.67. The molecule has 4 aromatic rings. The number of hydrogen-bond donors (Lipinski definition) is 0. The SMILES string of the molecule is Cc1nc2ccccc2n1[C@H]1C[C@H]2CC[C@@H](C1)N2CCC1(CN(C)S(=O)(=O)c2cccc(Cl)c2)CCc2ccccc21. The minimum absolute atomic E-state index is 0.218. The van der Waals surface area contributed by atoms with Crippen LogP contribution < -0.4 is 0 Å². The highest BCUT2D eigenvalue weighted by Crippen LogP contribution is 2.46. The second kappa shape index (κ2) is 10.8. The molecule has 3 aromatic carbocycles. The van der Waals surface area contributed by atoms with E-state index >= 15 is 0 Å². The van der Waals surface area contributed by atoms with Crippen LogP contribution in [0, 0.1) is 6.92 Å². The molecule has 0 saturated carbocycles. The predicted octanol–water partition coefficient (Wildman–Crippen LogP) is 6.76. The highest BCUT2D eigenvalue weighted by Gasteiger charge is 2.45. The number of halogens is 1. The van der Waals surface area contributed by atoms with Crippen molar-refractivity contribution in [3.05, 3.63) is 94.8 Å². The number of aryl methyl sites for hydroxylation is 2.